The number of aromatic hydroxyl groups is 1. The lowest BCUT2D eigenvalue weighted by molar-refractivity contribution is 0.275. The Labute approximate surface area is 87.7 Å². The first-order chi connectivity index (χ1) is 7.33. The molecule has 0 aliphatic rings. The zero-order valence-corrected chi connectivity index (χ0v) is 8.09. The minimum Gasteiger partial charge on any atom is -0.505 e. The van der Waals surface area contributed by atoms with Crippen molar-refractivity contribution in [3.05, 3.63) is 48.2 Å². The molecule has 1 heterocycles. The van der Waals surface area contributed by atoms with Gasteiger partial charge in [0.2, 0.25) is 0 Å². The molecule has 3 heteroatoms. The van der Waals surface area contributed by atoms with Gasteiger partial charge in [-0.3, -0.25) is 4.98 Å². The Bertz CT molecular complexity index is 454. The average Bonchev–Trinajstić information content (AvgIpc) is 2.30. The fourth-order valence-corrected chi connectivity index (χ4v) is 1.43. The number of nitrogens with zero attached hydrogens (tertiary/aromatic N) is 1. The third-order valence-electron chi connectivity index (χ3n) is 2.23. The van der Waals surface area contributed by atoms with Crippen molar-refractivity contribution in [2.45, 2.75) is 6.61 Å². The van der Waals surface area contributed by atoms with E-state index in [-0.39, 0.29) is 12.4 Å². The number of hydrogen-bond donors (Lipinski definition) is 2. The van der Waals surface area contributed by atoms with E-state index < -0.39 is 0 Å². The maximum atomic E-state index is 9.82. The van der Waals surface area contributed by atoms with Crippen molar-refractivity contribution in [2.75, 3.05) is 0 Å². The van der Waals surface area contributed by atoms with Gasteiger partial charge in [-0.05, 0) is 6.07 Å². The van der Waals surface area contributed by atoms with Crippen LogP contribution in [0, 0.1) is 0 Å². The summed E-state index contributed by atoms with van der Waals surface area (Å²) < 4.78 is 0. The summed E-state index contributed by atoms with van der Waals surface area (Å²) in [6.07, 6.45) is 1.58. The Hall–Kier alpha value is -1.87. The molecule has 0 unspecified atom stereocenters. The lowest BCUT2D eigenvalue weighted by atomic mass is 10.1. The molecule has 0 saturated heterocycles. The number of aromatic nitrogens is 1. The number of rotatable bonds is 2. The summed E-state index contributed by atoms with van der Waals surface area (Å²) in [5.74, 6) is 0.0474. The standard InChI is InChI=1S/C12H11NO2/c14-8-10-6-7-13-11(12(10)15)9-4-2-1-3-5-9/h1-7,14-15H,8H2. The molecule has 0 spiro atoms. The topological polar surface area (TPSA) is 53.4 Å². The number of aliphatic hydroxyl groups is 1. The average molecular weight is 201 g/mol. The van der Waals surface area contributed by atoms with E-state index in [1.807, 2.05) is 30.3 Å². The van der Waals surface area contributed by atoms with Gasteiger partial charge < -0.3 is 10.2 Å². The van der Waals surface area contributed by atoms with Gasteiger partial charge in [0, 0.05) is 17.3 Å². The molecule has 3 nitrogen and oxygen atoms in total. The molecule has 0 radical (unpaired) electrons. The molecule has 0 aliphatic carbocycles. The Morgan fingerprint density at radius 3 is 2.47 bits per heavy atom. The summed E-state index contributed by atoms with van der Waals surface area (Å²) in [6.45, 7) is -0.186. The molecule has 0 amide bonds. The minimum atomic E-state index is -0.186. The van der Waals surface area contributed by atoms with Crippen LogP contribution >= 0.6 is 0 Å². The van der Waals surface area contributed by atoms with Crippen LogP contribution in [0.15, 0.2) is 42.6 Å². The van der Waals surface area contributed by atoms with Gasteiger partial charge in [-0.15, -0.1) is 0 Å². The van der Waals surface area contributed by atoms with Gasteiger partial charge in [0.15, 0.2) is 0 Å². The molecule has 0 aliphatic heterocycles. The van der Waals surface area contributed by atoms with Gasteiger partial charge in [0.05, 0.1) is 6.61 Å². The third kappa shape index (κ3) is 1.82. The molecule has 0 atom stereocenters. The molecule has 2 aromatic rings. The lowest BCUT2D eigenvalue weighted by Gasteiger charge is -2.06. The van der Waals surface area contributed by atoms with Gasteiger partial charge in [-0.2, -0.15) is 0 Å². The predicted octanol–water partition coefficient (Wildman–Crippen LogP) is 1.95. The van der Waals surface area contributed by atoms with E-state index >= 15 is 0 Å². The van der Waals surface area contributed by atoms with Crippen LogP contribution in [0.25, 0.3) is 11.3 Å². The second-order valence-electron chi connectivity index (χ2n) is 3.19. The number of benzene rings is 1. The molecule has 15 heavy (non-hydrogen) atoms. The van der Waals surface area contributed by atoms with Crippen molar-refractivity contribution >= 4 is 0 Å². The minimum absolute atomic E-state index is 0.0474. The number of aliphatic hydroxyl groups excluding tert-OH is 1. The first kappa shape index (κ1) is 9.68. The summed E-state index contributed by atoms with van der Waals surface area (Å²) in [5.41, 5.74) is 1.83. The fourth-order valence-electron chi connectivity index (χ4n) is 1.43. The molecule has 0 saturated carbocycles. The molecule has 2 rings (SSSR count). The monoisotopic (exact) mass is 201 g/mol. The second kappa shape index (κ2) is 4.11. The highest BCUT2D eigenvalue weighted by molar-refractivity contribution is 5.67. The summed E-state index contributed by atoms with van der Waals surface area (Å²) in [4.78, 5) is 4.10. The predicted molar refractivity (Wildman–Crippen MR) is 57.3 cm³/mol. The first-order valence-corrected chi connectivity index (χ1v) is 4.66. The van der Waals surface area contributed by atoms with Crippen LogP contribution in [0.5, 0.6) is 5.75 Å². The zero-order valence-electron chi connectivity index (χ0n) is 8.09. The normalized spacial score (nSPS) is 10.2. The second-order valence-corrected chi connectivity index (χ2v) is 3.19. The van der Waals surface area contributed by atoms with Crippen molar-refractivity contribution in [1.82, 2.24) is 4.98 Å². The molecule has 76 valence electrons. The quantitative estimate of drug-likeness (QED) is 0.780. The first-order valence-electron chi connectivity index (χ1n) is 4.66. The Morgan fingerprint density at radius 1 is 1.07 bits per heavy atom. The maximum Gasteiger partial charge on any atom is 0.147 e. The number of pyridine rings is 1. The summed E-state index contributed by atoms with van der Waals surface area (Å²) in [5, 5.41) is 18.8. The molecular weight excluding hydrogens is 190 g/mol. The summed E-state index contributed by atoms with van der Waals surface area (Å²) >= 11 is 0. The van der Waals surface area contributed by atoms with Crippen LogP contribution in [0.3, 0.4) is 0 Å². The maximum absolute atomic E-state index is 9.82. The van der Waals surface area contributed by atoms with Crippen LogP contribution in [0.4, 0.5) is 0 Å². The van der Waals surface area contributed by atoms with Gasteiger partial charge in [0.25, 0.3) is 0 Å². The van der Waals surface area contributed by atoms with E-state index in [0.29, 0.717) is 11.3 Å². The van der Waals surface area contributed by atoms with E-state index in [9.17, 15) is 5.11 Å². The van der Waals surface area contributed by atoms with Gasteiger partial charge in [-0.1, -0.05) is 30.3 Å². The smallest absolute Gasteiger partial charge is 0.147 e. The van der Waals surface area contributed by atoms with E-state index in [0.717, 1.165) is 5.56 Å². The van der Waals surface area contributed by atoms with Gasteiger partial charge >= 0.3 is 0 Å². The molecule has 0 bridgehead atoms. The van der Waals surface area contributed by atoms with Crippen LogP contribution < -0.4 is 0 Å². The van der Waals surface area contributed by atoms with Crippen molar-refractivity contribution in [3.63, 3.8) is 0 Å². The van der Waals surface area contributed by atoms with Crippen LogP contribution in [-0.2, 0) is 6.61 Å². The highest BCUT2D eigenvalue weighted by Gasteiger charge is 2.08. The SMILES string of the molecule is OCc1ccnc(-c2ccccc2)c1O. The zero-order chi connectivity index (χ0) is 10.7. The lowest BCUT2D eigenvalue weighted by Crippen LogP contribution is -1.90. The molecule has 1 aromatic carbocycles. The van der Waals surface area contributed by atoms with Crippen LogP contribution in [0.2, 0.25) is 0 Å². The third-order valence-corrected chi connectivity index (χ3v) is 2.23. The van der Waals surface area contributed by atoms with Crippen molar-refractivity contribution < 1.29 is 10.2 Å². The van der Waals surface area contributed by atoms with E-state index in [4.69, 9.17) is 5.11 Å². The Balaban J connectivity index is 2.54. The molecular formula is C12H11NO2. The Kier molecular flexibility index (Phi) is 2.65. The summed E-state index contributed by atoms with van der Waals surface area (Å²) in [6, 6.07) is 11.0. The molecule has 1 aromatic heterocycles. The molecule has 2 N–H and O–H groups in total. The largest absolute Gasteiger partial charge is 0.505 e. The van der Waals surface area contributed by atoms with Gasteiger partial charge in [-0.25, -0.2) is 0 Å². The van der Waals surface area contributed by atoms with Crippen LogP contribution in [-0.4, -0.2) is 15.2 Å². The fraction of sp³-hybridized carbons (Fsp3) is 0.0833. The van der Waals surface area contributed by atoms with E-state index in [2.05, 4.69) is 4.98 Å². The van der Waals surface area contributed by atoms with Crippen LogP contribution in [0.1, 0.15) is 5.56 Å². The molecule has 0 fully saturated rings. The van der Waals surface area contributed by atoms with E-state index in [1.165, 1.54) is 0 Å². The summed E-state index contributed by atoms with van der Waals surface area (Å²) in [7, 11) is 0. The van der Waals surface area contributed by atoms with Crippen molar-refractivity contribution in [2.24, 2.45) is 0 Å². The highest BCUT2D eigenvalue weighted by atomic mass is 16.3. The number of hydrogen-bond acceptors (Lipinski definition) is 3. The highest BCUT2D eigenvalue weighted by Crippen LogP contribution is 2.29. The van der Waals surface area contributed by atoms with Crippen molar-refractivity contribution in [1.29, 1.82) is 0 Å². The van der Waals surface area contributed by atoms with Gasteiger partial charge in [0.1, 0.15) is 11.4 Å². The van der Waals surface area contributed by atoms with Crippen molar-refractivity contribution in [3.8, 4) is 17.0 Å². The van der Waals surface area contributed by atoms with E-state index in [1.54, 1.807) is 12.3 Å². The Morgan fingerprint density at radius 2 is 1.80 bits per heavy atom.